The van der Waals surface area contributed by atoms with Crippen molar-refractivity contribution < 1.29 is 4.79 Å². The minimum absolute atomic E-state index is 0.0834. The first-order chi connectivity index (χ1) is 11.8. The Morgan fingerprint density at radius 2 is 1.92 bits per heavy atom. The molecule has 130 valence electrons. The number of ketones is 1. The summed E-state index contributed by atoms with van der Waals surface area (Å²) in [6, 6.07) is 4.91. The highest BCUT2D eigenvalue weighted by Crippen LogP contribution is 2.24. The maximum absolute atomic E-state index is 12.7. The first-order valence-electron chi connectivity index (χ1n) is 7.87. The third-order valence-electron chi connectivity index (χ3n) is 4.35. The lowest BCUT2D eigenvalue weighted by atomic mass is 10.1. The fourth-order valence-electron chi connectivity index (χ4n) is 3.12. The van der Waals surface area contributed by atoms with Gasteiger partial charge in [0.05, 0.1) is 28.8 Å². The summed E-state index contributed by atoms with van der Waals surface area (Å²) in [5.41, 5.74) is 2.58. The van der Waals surface area contributed by atoms with Crippen LogP contribution in [0.5, 0.6) is 0 Å². The van der Waals surface area contributed by atoms with E-state index in [0.29, 0.717) is 26.5 Å². The monoisotopic (exact) mass is 377 g/mol. The van der Waals surface area contributed by atoms with E-state index >= 15 is 0 Å². The van der Waals surface area contributed by atoms with Gasteiger partial charge < -0.3 is 4.57 Å². The summed E-state index contributed by atoms with van der Waals surface area (Å²) in [4.78, 5) is 29.6. The molecule has 0 spiro atoms. The number of hydrogen-bond acceptors (Lipinski definition) is 3. The average molecular weight is 378 g/mol. The summed E-state index contributed by atoms with van der Waals surface area (Å²) >= 11 is 12.1. The lowest BCUT2D eigenvalue weighted by Gasteiger charge is -2.08. The summed E-state index contributed by atoms with van der Waals surface area (Å²) in [6.45, 7) is 6.60. The summed E-state index contributed by atoms with van der Waals surface area (Å²) in [6.07, 6.45) is 1.35. The van der Waals surface area contributed by atoms with Crippen LogP contribution in [-0.4, -0.2) is 19.9 Å². The van der Waals surface area contributed by atoms with E-state index in [9.17, 15) is 9.59 Å². The van der Waals surface area contributed by atoms with Crippen molar-refractivity contribution in [3.05, 3.63) is 61.9 Å². The maximum atomic E-state index is 12.7. The van der Waals surface area contributed by atoms with Gasteiger partial charge in [-0.25, -0.2) is 4.98 Å². The number of hydrogen-bond donors (Lipinski definition) is 0. The van der Waals surface area contributed by atoms with Crippen LogP contribution in [-0.2, 0) is 13.1 Å². The molecule has 0 unspecified atom stereocenters. The predicted molar refractivity (Wildman–Crippen MR) is 99.9 cm³/mol. The Morgan fingerprint density at radius 3 is 2.56 bits per heavy atom. The molecule has 7 heteroatoms. The minimum atomic E-state index is -0.341. The molecule has 0 atom stereocenters. The number of aromatic nitrogens is 3. The van der Waals surface area contributed by atoms with Gasteiger partial charge in [-0.1, -0.05) is 23.2 Å². The van der Waals surface area contributed by atoms with E-state index in [1.807, 2.05) is 26.8 Å². The van der Waals surface area contributed by atoms with E-state index in [1.54, 1.807) is 0 Å². The van der Waals surface area contributed by atoms with E-state index in [2.05, 4.69) is 9.55 Å². The fourth-order valence-corrected chi connectivity index (χ4v) is 3.66. The molecule has 3 aromatic rings. The van der Waals surface area contributed by atoms with Gasteiger partial charge in [-0.05, 0) is 39.0 Å². The third-order valence-corrected chi connectivity index (χ3v) is 4.86. The van der Waals surface area contributed by atoms with Gasteiger partial charge in [0.25, 0.3) is 5.56 Å². The van der Waals surface area contributed by atoms with E-state index in [0.717, 1.165) is 17.9 Å². The second-order valence-corrected chi connectivity index (χ2v) is 6.76. The van der Waals surface area contributed by atoms with Crippen LogP contribution in [0.2, 0.25) is 10.0 Å². The minimum Gasteiger partial charge on any atom is -0.349 e. The van der Waals surface area contributed by atoms with Crippen LogP contribution in [0.15, 0.2) is 29.3 Å². The number of nitrogens with zero attached hydrogens (tertiary/aromatic N) is 3. The Bertz CT molecular complexity index is 1050. The van der Waals surface area contributed by atoms with E-state index in [1.165, 1.54) is 23.0 Å². The molecule has 0 saturated carbocycles. The number of halogens is 2. The zero-order valence-electron chi connectivity index (χ0n) is 14.1. The number of rotatable bonds is 4. The van der Waals surface area contributed by atoms with Crippen molar-refractivity contribution in [3.8, 4) is 0 Å². The van der Waals surface area contributed by atoms with Crippen LogP contribution in [0.4, 0.5) is 0 Å². The molecule has 25 heavy (non-hydrogen) atoms. The lowest BCUT2D eigenvalue weighted by Crippen LogP contribution is -2.25. The van der Waals surface area contributed by atoms with Gasteiger partial charge in [-0.3, -0.25) is 14.2 Å². The number of aryl methyl sites for hydroxylation is 1. The van der Waals surface area contributed by atoms with Crippen molar-refractivity contribution in [1.29, 1.82) is 0 Å². The summed E-state index contributed by atoms with van der Waals surface area (Å²) in [5.74, 6) is -0.135. The normalized spacial score (nSPS) is 11.2. The Hall–Kier alpha value is -2.11. The predicted octanol–water partition coefficient (Wildman–Crippen LogP) is 4.02. The summed E-state index contributed by atoms with van der Waals surface area (Å²) < 4.78 is 3.35. The largest absolute Gasteiger partial charge is 0.349 e. The molecule has 3 rings (SSSR count). The highest BCUT2D eigenvalue weighted by atomic mass is 35.5. The van der Waals surface area contributed by atoms with Crippen LogP contribution >= 0.6 is 23.2 Å². The Labute approximate surface area is 154 Å². The average Bonchev–Trinajstić information content (AvgIpc) is 2.84. The Balaban J connectivity index is 2.02. The van der Waals surface area contributed by atoms with Gasteiger partial charge in [0.15, 0.2) is 5.78 Å². The molecular formula is C18H17Cl2N3O2. The molecule has 2 heterocycles. The molecule has 0 aliphatic carbocycles. The van der Waals surface area contributed by atoms with E-state index in [-0.39, 0.29) is 17.9 Å². The van der Waals surface area contributed by atoms with Gasteiger partial charge in [0.1, 0.15) is 0 Å². The number of carbonyl (C=O) groups is 1. The number of benzene rings is 1. The fraction of sp³-hybridized carbons (Fsp3) is 0.278. The molecular weight excluding hydrogens is 361 g/mol. The molecule has 2 aromatic heterocycles. The first-order valence-corrected chi connectivity index (χ1v) is 8.63. The van der Waals surface area contributed by atoms with Crippen LogP contribution in [0.25, 0.3) is 10.9 Å². The smallest absolute Gasteiger partial charge is 0.261 e. The molecule has 0 aliphatic rings. The van der Waals surface area contributed by atoms with Crippen molar-refractivity contribution >= 4 is 39.9 Å². The number of carbonyl (C=O) groups excluding carboxylic acids is 1. The molecule has 0 radical (unpaired) electrons. The molecule has 1 aromatic carbocycles. The van der Waals surface area contributed by atoms with Crippen LogP contribution in [0, 0.1) is 13.8 Å². The second-order valence-electron chi connectivity index (χ2n) is 5.91. The molecule has 0 amide bonds. The number of fused-ring (bicyclic) bond motifs is 1. The van der Waals surface area contributed by atoms with Crippen molar-refractivity contribution in [2.24, 2.45) is 0 Å². The van der Waals surface area contributed by atoms with Gasteiger partial charge >= 0.3 is 0 Å². The highest BCUT2D eigenvalue weighted by molar-refractivity contribution is 6.38. The van der Waals surface area contributed by atoms with Gasteiger partial charge in [0, 0.05) is 28.5 Å². The van der Waals surface area contributed by atoms with Crippen molar-refractivity contribution in [1.82, 2.24) is 14.1 Å². The standard InChI is InChI=1S/C18H17Cl2N3O2/c1-4-23-10(2)5-13(11(23)3)16(24)8-22-9-21-17-14(18(22)25)6-12(19)7-15(17)20/h5-7,9H,4,8H2,1-3H3. The molecule has 5 nitrogen and oxygen atoms in total. The summed E-state index contributed by atoms with van der Waals surface area (Å²) in [7, 11) is 0. The molecule has 0 fully saturated rings. The number of Topliss-reactive ketones (excluding diaryl/α,β-unsaturated/α-hetero) is 1. The molecule has 0 bridgehead atoms. The van der Waals surface area contributed by atoms with E-state index in [4.69, 9.17) is 23.2 Å². The first kappa shape index (κ1) is 17.7. The zero-order valence-corrected chi connectivity index (χ0v) is 15.6. The molecule has 0 aliphatic heterocycles. The van der Waals surface area contributed by atoms with Crippen LogP contribution in [0.1, 0.15) is 28.7 Å². The van der Waals surface area contributed by atoms with Crippen molar-refractivity contribution in [2.75, 3.05) is 0 Å². The molecule has 0 saturated heterocycles. The Kier molecular flexibility index (Phi) is 4.71. The third kappa shape index (κ3) is 3.10. The van der Waals surface area contributed by atoms with Crippen LogP contribution in [0.3, 0.4) is 0 Å². The quantitative estimate of drug-likeness (QED) is 0.645. The van der Waals surface area contributed by atoms with Gasteiger partial charge in [-0.2, -0.15) is 0 Å². The van der Waals surface area contributed by atoms with Gasteiger partial charge in [0.2, 0.25) is 0 Å². The lowest BCUT2D eigenvalue weighted by molar-refractivity contribution is 0.0970. The topological polar surface area (TPSA) is 56.9 Å². The van der Waals surface area contributed by atoms with Crippen LogP contribution < -0.4 is 5.56 Å². The SMILES string of the molecule is CCn1c(C)cc(C(=O)Cn2cnc3c(Cl)cc(Cl)cc3c2=O)c1C. The molecule has 0 N–H and O–H groups in total. The second kappa shape index (κ2) is 6.65. The van der Waals surface area contributed by atoms with Crippen molar-refractivity contribution in [3.63, 3.8) is 0 Å². The zero-order chi connectivity index (χ0) is 18.3. The summed E-state index contributed by atoms with van der Waals surface area (Å²) in [5, 5.41) is 0.961. The van der Waals surface area contributed by atoms with Crippen molar-refractivity contribution in [2.45, 2.75) is 33.9 Å². The maximum Gasteiger partial charge on any atom is 0.261 e. The van der Waals surface area contributed by atoms with Gasteiger partial charge in [-0.15, -0.1) is 0 Å². The van der Waals surface area contributed by atoms with E-state index < -0.39 is 0 Å². The highest BCUT2D eigenvalue weighted by Gasteiger charge is 2.17. The Morgan fingerprint density at radius 1 is 1.20 bits per heavy atom.